The van der Waals surface area contributed by atoms with Crippen LogP contribution in [0.25, 0.3) is 0 Å². The minimum atomic E-state index is -0.385. The minimum Gasteiger partial charge on any atom is -0.337 e. The van der Waals surface area contributed by atoms with E-state index < -0.39 is 0 Å². The molecule has 5 heteroatoms. The van der Waals surface area contributed by atoms with E-state index in [1.54, 1.807) is 17.0 Å². The van der Waals surface area contributed by atoms with Crippen molar-refractivity contribution in [1.29, 1.82) is 0 Å². The molecule has 1 amide bonds. The van der Waals surface area contributed by atoms with Gasteiger partial charge in [0.1, 0.15) is 5.82 Å². The van der Waals surface area contributed by atoms with Gasteiger partial charge in [-0.25, -0.2) is 4.39 Å². The number of hydrogen-bond donors (Lipinski definition) is 1. The van der Waals surface area contributed by atoms with Crippen molar-refractivity contribution < 1.29 is 9.18 Å². The van der Waals surface area contributed by atoms with E-state index in [4.69, 9.17) is 5.73 Å². The molecular formula is C11H14ClFN2O. The van der Waals surface area contributed by atoms with Crippen molar-refractivity contribution in [1.82, 2.24) is 4.90 Å². The maximum absolute atomic E-state index is 12.9. The number of carbonyl (C=O) groups is 1. The van der Waals surface area contributed by atoms with Crippen molar-refractivity contribution in [3.05, 3.63) is 35.6 Å². The average molecular weight is 245 g/mol. The zero-order valence-electron chi connectivity index (χ0n) is 8.73. The quantitative estimate of drug-likeness (QED) is 0.812. The summed E-state index contributed by atoms with van der Waals surface area (Å²) in [5.41, 5.74) is 6.10. The Kier molecular flexibility index (Phi) is 4.26. The fourth-order valence-corrected chi connectivity index (χ4v) is 1.78. The minimum absolute atomic E-state index is 0. The SMILES string of the molecule is Cl.N[C@H]1CCN(C(=O)c2cccc(F)c2)C1. The van der Waals surface area contributed by atoms with Crippen LogP contribution in [0.2, 0.25) is 0 Å². The lowest BCUT2D eigenvalue weighted by Crippen LogP contribution is -2.31. The first-order valence-electron chi connectivity index (χ1n) is 4.97. The van der Waals surface area contributed by atoms with E-state index in [1.165, 1.54) is 12.1 Å². The van der Waals surface area contributed by atoms with Crippen molar-refractivity contribution >= 4 is 18.3 Å². The second-order valence-corrected chi connectivity index (χ2v) is 3.81. The molecule has 1 aliphatic rings. The van der Waals surface area contributed by atoms with Crippen LogP contribution in [-0.2, 0) is 0 Å². The average Bonchev–Trinajstić information content (AvgIpc) is 2.64. The molecule has 0 spiro atoms. The molecule has 16 heavy (non-hydrogen) atoms. The van der Waals surface area contributed by atoms with Crippen molar-refractivity contribution in [2.24, 2.45) is 5.73 Å². The molecule has 0 aromatic heterocycles. The fraction of sp³-hybridized carbons (Fsp3) is 0.364. The highest BCUT2D eigenvalue weighted by molar-refractivity contribution is 5.94. The van der Waals surface area contributed by atoms with Crippen molar-refractivity contribution in [2.75, 3.05) is 13.1 Å². The zero-order valence-corrected chi connectivity index (χ0v) is 9.54. The fourth-order valence-electron chi connectivity index (χ4n) is 1.78. The van der Waals surface area contributed by atoms with Gasteiger partial charge in [-0.2, -0.15) is 0 Å². The number of nitrogens with two attached hydrogens (primary N) is 1. The van der Waals surface area contributed by atoms with E-state index in [9.17, 15) is 9.18 Å². The second-order valence-electron chi connectivity index (χ2n) is 3.81. The summed E-state index contributed by atoms with van der Waals surface area (Å²) in [4.78, 5) is 13.5. The largest absolute Gasteiger partial charge is 0.337 e. The van der Waals surface area contributed by atoms with Gasteiger partial charge in [0.15, 0.2) is 0 Å². The first kappa shape index (κ1) is 12.9. The summed E-state index contributed by atoms with van der Waals surface area (Å²) in [6.45, 7) is 1.23. The number of hydrogen-bond acceptors (Lipinski definition) is 2. The van der Waals surface area contributed by atoms with Crippen LogP contribution in [0.5, 0.6) is 0 Å². The summed E-state index contributed by atoms with van der Waals surface area (Å²) in [7, 11) is 0. The van der Waals surface area contributed by atoms with E-state index in [-0.39, 0.29) is 30.2 Å². The number of rotatable bonds is 1. The maximum atomic E-state index is 12.9. The van der Waals surface area contributed by atoms with Gasteiger partial charge < -0.3 is 10.6 Å². The third-order valence-corrected chi connectivity index (χ3v) is 2.58. The summed E-state index contributed by atoms with van der Waals surface area (Å²) in [5.74, 6) is -0.521. The third-order valence-electron chi connectivity index (χ3n) is 2.58. The molecule has 2 N–H and O–H groups in total. The highest BCUT2D eigenvalue weighted by atomic mass is 35.5. The Balaban J connectivity index is 0.00000128. The number of carbonyl (C=O) groups excluding carboxylic acids is 1. The summed E-state index contributed by atoms with van der Waals surface area (Å²) in [5, 5.41) is 0. The van der Waals surface area contributed by atoms with Gasteiger partial charge in [0.25, 0.3) is 5.91 Å². The lowest BCUT2D eigenvalue weighted by atomic mass is 10.2. The van der Waals surface area contributed by atoms with Gasteiger partial charge in [-0.15, -0.1) is 12.4 Å². The van der Waals surface area contributed by atoms with Gasteiger partial charge in [0.05, 0.1) is 0 Å². The third kappa shape index (κ3) is 2.71. The lowest BCUT2D eigenvalue weighted by Gasteiger charge is -2.15. The van der Waals surface area contributed by atoms with Crippen LogP contribution in [-0.4, -0.2) is 29.9 Å². The molecular weight excluding hydrogens is 231 g/mol. The normalized spacial score (nSPS) is 19.4. The van der Waals surface area contributed by atoms with Crippen LogP contribution in [0.15, 0.2) is 24.3 Å². The van der Waals surface area contributed by atoms with E-state index in [1.807, 2.05) is 0 Å². The molecule has 88 valence electrons. The molecule has 1 aliphatic heterocycles. The monoisotopic (exact) mass is 244 g/mol. The molecule has 3 nitrogen and oxygen atoms in total. The molecule has 1 atom stereocenters. The Labute approximate surface area is 99.8 Å². The zero-order chi connectivity index (χ0) is 10.8. The molecule has 1 saturated heterocycles. The molecule has 2 rings (SSSR count). The summed E-state index contributed by atoms with van der Waals surface area (Å²) >= 11 is 0. The van der Waals surface area contributed by atoms with E-state index in [2.05, 4.69) is 0 Å². The number of likely N-dealkylation sites (tertiary alicyclic amines) is 1. The molecule has 0 aliphatic carbocycles. The van der Waals surface area contributed by atoms with E-state index in [0.717, 1.165) is 6.42 Å². The maximum Gasteiger partial charge on any atom is 0.254 e. The Morgan fingerprint density at radius 2 is 2.25 bits per heavy atom. The Morgan fingerprint density at radius 1 is 1.50 bits per heavy atom. The predicted molar refractivity (Wildman–Crippen MR) is 62.1 cm³/mol. The van der Waals surface area contributed by atoms with Crippen molar-refractivity contribution in [2.45, 2.75) is 12.5 Å². The molecule has 1 fully saturated rings. The number of nitrogens with zero attached hydrogens (tertiary/aromatic N) is 1. The number of amides is 1. The summed E-state index contributed by atoms with van der Waals surface area (Å²) in [6.07, 6.45) is 0.820. The van der Waals surface area contributed by atoms with Crippen LogP contribution in [0.3, 0.4) is 0 Å². The Morgan fingerprint density at radius 3 is 2.81 bits per heavy atom. The summed E-state index contributed by atoms with van der Waals surface area (Å²) < 4.78 is 12.9. The molecule has 0 unspecified atom stereocenters. The molecule has 1 aromatic rings. The van der Waals surface area contributed by atoms with E-state index in [0.29, 0.717) is 18.7 Å². The molecule has 1 aromatic carbocycles. The smallest absolute Gasteiger partial charge is 0.254 e. The number of halogens is 2. The highest BCUT2D eigenvalue weighted by Crippen LogP contribution is 2.13. The van der Waals surface area contributed by atoms with Crippen LogP contribution in [0, 0.1) is 5.82 Å². The first-order valence-corrected chi connectivity index (χ1v) is 4.97. The standard InChI is InChI=1S/C11H13FN2O.ClH/c12-9-3-1-2-8(6-9)11(15)14-5-4-10(13)7-14;/h1-3,6,10H,4-5,7,13H2;1H/t10-;/m0./s1. The van der Waals surface area contributed by atoms with Gasteiger partial charge in [0, 0.05) is 24.7 Å². The number of benzene rings is 1. The molecule has 0 saturated carbocycles. The lowest BCUT2D eigenvalue weighted by molar-refractivity contribution is 0.0790. The van der Waals surface area contributed by atoms with Crippen LogP contribution >= 0.6 is 12.4 Å². The van der Waals surface area contributed by atoms with Gasteiger partial charge in [0.2, 0.25) is 0 Å². The molecule has 0 radical (unpaired) electrons. The topological polar surface area (TPSA) is 46.3 Å². The first-order chi connectivity index (χ1) is 7.16. The molecule has 1 heterocycles. The van der Waals surface area contributed by atoms with Gasteiger partial charge in [-0.3, -0.25) is 4.79 Å². The van der Waals surface area contributed by atoms with Crippen LogP contribution in [0.1, 0.15) is 16.8 Å². The van der Waals surface area contributed by atoms with Crippen molar-refractivity contribution in [3.63, 3.8) is 0 Å². The van der Waals surface area contributed by atoms with Crippen LogP contribution in [0.4, 0.5) is 4.39 Å². The van der Waals surface area contributed by atoms with E-state index >= 15 is 0 Å². The van der Waals surface area contributed by atoms with Crippen LogP contribution < -0.4 is 5.73 Å². The highest BCUT2D eigenvalue weighted by Gasteiger charge is 2.24. The Bertz CT molecular complexity index is 386. The van der Waals surface area contributed by atoms with Gasteiger partial charge in [-0.1, -0.05) is 6.07 Å². The molecule has 0 bridgehead atoms. The summed E-state index contributed by atoms with van der Waals surface area (Å²) in [6, 6.07) is 5.80. The van der Waals surface area contributed by atoms with Gasteiger partial charge >= 0.3 is 0 Å². The second kappa shape index (κ2) is 5.27. The predicted octanol–water partition coefficient (Wildman–Crippen LogP) is 1.42. The Hall–Kier alpha value is -1.13. The van der Waals surface area contributed by atoms with Crippen molar-refractivity contribution in [3.8, 4) is 0 Å². The van der Waals surface area contributed by atoms with Gasteiger partial charge in [-0.05, 0) is 24.6 Å².